The van der Waals surface area contributed by atoms with Gasteiger partial charge in [-0.3, -0.25) is 39.7 Å². The fourth-order valence-electron chi connectivity index (χ4n) is 7.19. The van der Waals surface area contributed by atoms with Gasteiger partial charge in [0.2, 0.25) is 35.4 Å². The Morgan fingerprint density at radius 3 is 1.72 bits per heavy atom. The molecule has 1 atom stereocenters. The van der Waals surface area contributed by atoms with Gasteiger partial charge in [0, 0.05) is 37.5 Å². The minimum atomic E-state index is -4.71. The molecule has 9 N–H and O–H groups in total. The molecule has 0 bridgehead atoms. The molecule has 1 unspecified atom stereocenters. The van der Waals surface area contributed by atoms with E-state index in [2.05, 4.69) is 50.9 Å². The smallest absolute Gasteiger partial charge is 0.388 e. The molecule has 0 spiro atoms. The lowest BCUT2D eigenvalue weighted by Gasteiger charge is -2.19. The number of sulfonamides is 2. The van der Waals surface area contributed by atoms with E-state index in [9.17, 15) is 76.9 Å². The first-order valence-corrected chi connectivity index (χ1v) is 30.3. The molecule has 2 aromatic carbocycles. The van der Waals surface area contributed by atoms with E-state index in [0.717, 1.165) is 35.9 Å². The quantitative estimate of drug-likeness (QED) is 0.0213. The van der Waals surface area contributed by atoms with Crippen LogP contribution >= 0.6 is 19.2 Å². The normalized spacial score (nSPS) is 13.0. The van der Waals surface area contributed by atoms with Crippen LogP contribution in [0.15, 0.2) is 87.9 Å². The highest BCUT2D eigenvalue weighted by Gasteiger charge is 2.41. The fourth-order valence-corrected chi connectivity index (χ4v) is 9.93. The van der Waals surface area contributed by atoms with E-state index in [1.54, 1.807) is 17.0 Å². The van der Waals surface area contributed by atoms with Crippen LogP contribution < -0.4 is 54.0 Å². The van der Waals surface area contributed by atoms with E-state index in [4.69, 9.17) is 52.2 Å². The van der Waals surface area contributed by atoms with Crippen molar-refractivity contribution in [1.29, 1.82) is 0 Å². The summed E-state index contributed by atoms with van der Waals surface area (Å²) in [6.45, 7) is -5.63. The molecule has 7 amide bonds. The van der Waals surface area contributed by atoms with Gasteiger partial charge in [0.15, 0.2) is 11.1 Å². The third-order valence-electron chi connectivity index (χ3n) is 10.9. The molecule has 7 rings (SSSR count). The summed E-state index contributed by atoms with van der Waals surface area (Å²) in [6, 6.07) is 8.40. The number of hydrogen-bond donors (Lipinski definition) is 9. The number of rotatable bonds is 21. The first-order chi connectivity index (χ1) is 43.0. The number of alkyl halides is 4. The summed E-state index contributed by atoms with van der Waals surface area (Å²) in [5.41, 5.74) is -0.0238. The number of ether oxygens (including phenoxy) is 5. The summed E-state index contributed by atoms with van der Waals surface area (Å²) < 4.78 is 150. The Bertz CT molecular complexity index is 3880. The van der Waals surface area contributed by atoms with Gasteiger partial charge in [-0.2, -0.15) is 45.9 Å². The molecule has 0 saturated heterocycles. The Hall–Kier alpha value is -9.91. The van der Waals surface area contributed by atoms with Crippen molar-refractivity contribution in [3.63, 3.8) is 0 Å². The molecule has 496 valence electrons. The first-order valence-electron chi connectivity index (χ1n) is 25.1. The van der Waals surface area contributed by atoms with E-state index >= 15 is 0 Å². The van der Waals surface area contributed by atoms with Gasteiger partial charge in [0.25, 0.3) is 37.8 Å². The number of nitrogens with zero attached hydrogens (tertiary/aromatic N) is 7. The van der Waals surface area contributed by atoms with Crippen molar-refractivity contribution in [2.45, 2.75) is 61.9 Å². The van der Waals surface area contributed by atoms with Gasteiger partial charge in [0.1, 0.15) is 16.5 Å². The van der Waals surface area contributed by atoms with Crippen molar-refractivity contribution in [1.82, 2.24) is 44.6 Å². The summed E-state index contributed by atoms with van der Waals surface area (Å²) >= 11 is 5.97. The summed E-state index contributed by atoms with van der Waals surface area (Å²) in [5, 5.41) is 22.4. The number of imide groups is 1. The van der Waals surface area contributed by atoms with Crippen molar-refractivity contribution in [3.8, 4) is 41.6 Å². The van der Waals surface area contributed by atoms with Gasteiger partial charge < -0.3 is 48.6 Å². The zero-order valence-corrected chi connectivity index (χ0v) is 51.1. The topological polar surface area (TPSA) is 463 Å². The van der Waals surface area contributed by atoms with E-state index < -0.39 is 141 Å². The number of aromatic carboxylic acids is 1. The lowest BCUT2D eigenvalue weighted by Crippen LogP contribution is -2.36. The van der Waals surface area contributed by atoms with Gasteiger partial charge in [-0.1, -0.05) is 29.7 Å². The molecular formula is C50H51ClF5N12O21PS2. The SMILES string of the molecule is C#CC(C)Oc1cc(N2C(=O)C3=C(CCCC3)C2=O)c(F)cc1Cl.COc1cc(OC)nc(NC(=O)NS(=O)(=O)c2ncccc2C(=O)N(C)C)n1.O=C(Nc1nc(OC(F)F)cc(OC(F)F)n1)NS(=O)(=O)c1ccccc1C(=O)O.O=C(O)CNCP(=O)(O)O. The molecule has 33 nitrogen and oxygen atoms in total. The molecule has 0 fully saturated rings. The van der Waals surface area contributed by atoms with Gasteiger partial charge in [-0.05, 0) is 62.9 Å². The van der Waals surface area contributed by atoms with Gasteiger partial charge in [-0.25, -0.2) is 46.5 Å². The van der Waals surface area contributed by atoms with Crippen LogP contribution in [-0.2, 0) is 39.0 Å². The van der Waals surface area contributed by atoms with Crippen LogP contribution in [0.25, 0.3) is 0 Å². The van der Waals surface area contributed by atoms with Crippen molar-refractivity contribution in [2.75, 3.05) is 56.7 Å². The fraction of sp³-hybridized carbons (Fsp3) is 0.280. The number of urea groups is 2. The molecular weight excluding hydrogens is 1330 g/mol. The van der Waals surface area contributed by atoms with Gasteiger partial charge >= 0.3 is 44.8 Å². The second kappa shape index (κ2) is 33.2. The number of amides is 7. The maximum atomic E-state index is 14.4. The lowest BCUT2D eigenvalue weighted by atomic mass is 9.93. The Morgan fingerprint density at radius 1 is 0.761 bits per heavy atom. The van der Waals surface area contributed by atoms with Crippen molar-refractivity contribution < 1.29 is 121 Å². The number of nitrogens with one attached hydrogen (secondary N) is 5. The standard InChI is InChI=1S/C18H15ClFNO3.C15H18N6O6S.C14H10F4N4O7S.C3H8NO5P/c1-3-10(2)24-16-9-15(14(20)8-13(16)19)21-17(22)11-6-4-5-7-12(11)18(21)23;1-21(2)13(22)9-6-5-7-16-12(9)28(24,25)20-15(23)19-14-17-10(26-3)8-11(18-14)27-4;15-11(16)28-8-5-9(29-12(17)18)20-13(19-8)21-14(25)22-30(26,27)7-4-2-1-3-6(7)10(23)24;5-3(6)1-4-2-10(7,8)9/h1,8-10H,4-7H2,2H3;5-8H,1-4H3,(H2,17,18,19,20,23);1-5,11-12H,(H,23,24)(H2,19,20,21,22,25);4H,1-2H2,(H,5,6)(H2,7,8,9). The number of halogens is 6. The van der Waals surface area contributed by atoms with Crippen LogP contribution in [0.3, 0.4) is 0 Å². The maximum Gasteiger partial charge on any atom is 0.388 e. The molecule has 3 aromatic heterocycles. The second-order valence-electron chi connectivity index (χ2n) is 17.8. The highest BCUT2D eigenvalue weighted by atomic mass is 35.5. The average Bonchev–Trinajstić information content (AvgIpc) is 1.58. The number of carboxylic acids is 2. The predicted octanol–water partition coefficient (Wildman–Crippen LogP) is 4.41. The maximum absolute atomic E-state index is 14.4. The highest BCUT2D eigenvalue weighted by molar-refractivity contribution is 7.90. The molecule has 0 saturated carbocycles. The molecule has 92 heavy (non-hydrogen) atoms. The number of carbonyl (C=O) groups excluding carboxylic acids is 5. The largest absolute Gasteiger partial charge is 0.481 e. The van der Waals surface area contributed by atoms with E-state index in [1.807, 2.05) is 0 Å². The molecule has 0 radical (unpaired) electrons. The Morgan fingerprint density at radius 2 is 1.25 bits per heavy atom. The number of terminal acetylenes is 1. The molecule has 2 aliphatic rings. The summed E-state index contributed by atoms with van der Waals surface area (Å²) in [6.07, 6.45) is 8.06. The van der Waals surface area contributed by atoms with Crippen molar-refractivity contribution >= 4 is 98.5 Å². The third kappa shape index (κ3) is 22.2. The highest BCUT2D eigenvalue weighted by Crippen LogP contribution is 2.40. The Kier molecular flexibility index (Phi) is 26.9. The van der Waals surface area contributed by atoms with Crippen LogP contribution in [-0.4, -0.2) is 169 Å². The monoisotopic (exact) mass is 1380 g/mol. The number of methoxy groups -OCH3 is 2. The molecule has 5 aromatic rings. The number of carbonyl (C=O) groups is 7. The number of anilines is 3. The molecule has 1 aliphatic carbocycles. The van der Waals surface area contributed by atoms with Crippen LogP contribution in [0.4, 0.5) is 49.1 Å². The van der Waals surface area contributed by atoms with Crippen molar-refractivity contribution in [2.24, 2.45) is 0 Å². The minimum Gasteiger partial charge on any atom is -0.481 e. The van der Waals surface area contributed by atoms with Crippen LogP contribution in [0.2, 0.25) is 5.02 Å². The zero-order chi connectivity index (χ0) is 69.0. The lowest BCUT2D eigenvalue weighted by molar-refractivity contribution is -0.136. The van der Waals surface area contributed by atoms with E-state index in [-0.39, 0.29) is 39.7 Å². The minimum absolute atomic E-state index is 0.0233. The first kappa shape index (κ1) is 74.6. The van der Waals surface area contributed by atoms with Crippen LogP contribution in [0, 0.1) is 18.2 Å². The van der Waals surface area contributed by atoms with E-state index in [1.165, 1.54) is 80.5 Å². The number of hydrogen-bond acceptors (Lipinski definition) is 23. The predicted molar refractivity (Wildman–Crippen MR) is 306 cm³/mol. The molecule has 4 heterocycles. The summed E-state index contributed by atoms with van der Waals surface area (Å²) in [7, 11) is -7.66. The van der Waals surface area contributed by atoms with Crippen molar-refractivity contribution in [3.05, 3.63) is 100.0 Å². The Balaban J connectivity index is 0.000000275. The van der Waals surface area contributed by atoms with Crippen LogP contribution in [0.5, 0.6) is 29.3 Å². The molecule has 1 aliphatic heterocycles. The summed E-state index contributed by atoms with van der Waals surface area (Å²) in [4.78, 5) is 118. The summed E-state index contributed by atoms with van der Waals surface area (Å²) in [5.74, 6) is -5.45. The van der Waals surface area contributed by atoms with Crippen LogP contribution in [0.1, 0.15) is 53.3 Å². The van der Waals surface area contributed by atoms with E-state index in [0.29, 0.717) is 30.1 Å². The number of pyridine rings is 1. The number of carboxylic acid groups (broad SMARTS) is 2. The second-order valence-corrected chi connectivity index (χ2v) is 23.1. The average molecular weight is 1380 g/mol. The number of aromatic nitrogens is 5. The number of benzene rings is 2. The third-order valence-corrected chi connectivity index (χ3v) is 14.5. The number of aliphatic carboxylic acids is 1. The zero-order valence-electron chi connectivity index (χ0n) is 47.8. The Labute approximate surface area is 521 Å². The van der Waals surface area contributed by atoms with Gasteiger partial charge in [-0.15, -0.1) is 6.42 Å². The molecule has 42 heteroatoms. The van der Waals surface area contributed by atoms with Gasteiger partial charge in [0.05, 0.1) is 61.0 Å².